The molecule has 1 aromatic heterocycles. The van der Waals surface area contributed by atoms with Crippen molar-refractivity contribution in [2.45, 2.75) is 26.8 Å². The number of fused-ring (bicyclic) bond motifs is 1. The van der Waals surface area contributed by atoms with Crippen molar-refractivity contribution in [1.29, 1.82) is 0 Å². The number of nitrogens with one attached hydrogen (secondary N) is 3. The summed E-state index contributed by atoms with van der Waals surface area (Å²) < 4.78 is 5.47. The van der Waals surface area contributed by atoms with E-state index in [4.69, 9.17) is 4.74 Å². The molecule has 3 aromatic rings. The van der Waals surface area contributed by atoms with E-state index in [1.165, 1.54) is 27.6 Å². The molecule has 0 saturated carbocycles. The average Bonchev–Trinajstić information content (AvgIpc) is 3.09. The van der Waals surface area contributed by atoms with Crippen LogP contribution in [0.2, 0.25) is 0 Å². The molecule has 0 atom stereocenters. The molecule has 0 amide bonds. The van der Waals surface area contributed by atoms with Gasteiger partial charge in [-0.05, 0) is 49.1 Å². The number of methoxy groups -OCH3 is 1. The van der Waals surface area contributed by atoms with Crippen molar-refractivity contribution in [3.8, 4) is 5.75 Å². The van der Waals surface area contributed by atoms with Gasteiger partial charge in [-0.1, -0.05) is 24.3 Å². The number of benzene rings is 2. The van der Waals surface area contributed by atoms with E-state index in [9.17, 15) is 0 Å². The highest BCUT2D eigenvalue weighted by Gasteiger charge is 2.07. The molecule has 0 aliphatic rings. The van der Waals surface area contributed by atoms with Crippen LogP contribution < -0.4 is 15.4 Å². The molecule has 1 heterocycles. The van der Waals surface area contributed by atoms with Gasteiger partial charge in [0, 0.05) is 42.8 Å². The van der Waals surface area contributed by atoms with Crippen LogP contribution in [0.4, 0.5) is 0 Å². The molecule has 142 valence electrons. The van der Waals surface area contributed by atoms with E-state index in [0.29, 0.717) is 6.54 Å². The molecule has 5 nitrogen and oxygen atoms in total. The van der Waals surface area contributed by atoms with E-state index in [1.807, 2.05) is 6.07 Å². The van der Waals surface area contributed by atoms with Gasteiger partial charge in [-0.15, -0.1) is 0 Å². The number of aryl methyl sites for hydroxylation is 2. The standard InChI is InChI=1S/C22H28N4O/c1-15-8-9-17(20(12-15)27-4)13-26-22(23-3)24-11-10-18-14-25-19-7-5-6-16(2)21(18)19/h5-9,12,14,25H,10-11,13H2,1-4H3,(H2,23,24,26). The van der Waals surface area contributed by atoms with Crippen molar-refractivity contribution in [3.05, 3.63) is 64.8 Å². The highest BCUT2D eigenvalue weighted by atomic mass is 16.5. The van der Waals surface area contributed by atoms with Gasteiger partial charge in [0.2, 0.25) is 0 Å². The predicted octanol–water partition coefficient (Wildman–Crippen LogP) is 3.70. The highest BCUT2D eigenvalue weighted by molar-refractivity contribution is 5.86. The number of aromatic nitrogens is 1. The predicted molar refractivity (Wildman–Crippen MR) is 113 cm³/mol. The molecular weight excluding hydrogens is 336 g/mol. The molecule has 0 unspecified atom stereocenters. The minimum atomic E-state index is 0.662. The van der Waals surface area contributed by atoms with Crippen LogP contribution in [-0.4, -0.2) is 31.6 Å². The summed E-state index contributed by atoms with van der Waals surface area (Å²) in [4.78, 5) is 7.68. The maximum atomic E-state index is 5.47. The summed E-state index contributed by atoms with van der Waals surface area (Å²) in [5.41, 5.74) is 6.12. The first-order valence-corrected chi connectivity index (χ1v) is 9.26. The zero-order valence-electron chi connectivity index (χ0n) is 16.5. The lowest BCUT2D eigenvalue weighted by Gasteiger charge is -2.14. The molecule has 0 bridgehead atoms. The minimum absolute atomic E-state index is 0.662. The second-order valence-electron chi connectivity index (χ2n) is 6.73. The summed E-state index contributed by atoms with van der Waals surface area (Å²) in [7, 11) is 3.49. The van der Waals surface area contributed by atoms with Crippen LogP contribution in [0.15, 0.2) is 47.6 Å². The minimum Gasteiger partial charge on any atom is -0.496 e. The zero-order valence-corrected chi connectivity index (χ0v) is 16.5. The van der Waals surface area contributed by atoms with E-state index in [0.717, 1.165) is 30.2 Å². The fourth-order valence-electron chi connectivity index (χ4n) is 3.36. The lowest BCUT2D eigenvalue weighted by Crippen LogP contribution is -2.37. The lowest BCUT2D eigenvalue weighted by atomic mass is 10.1. The van der Waals surface area contributed by atoms with Crippen molar-refractivity contribution >= 4 is 16.9 Å². The molecule has 27 heavy (non-hydrogen) atoms. The Morgan fingerprint density at radius 1 is 1.11 bits per heavy atom. The van der Waals surface area contributed by atoms with E-state index < -0.39 is 0 Å². The van der Waals surface area contributed by atoms with Crippen molar-refractivity contribution in [3.63, 3.8) is 0 Å². The number of guanidine groups is 1. The van der Waals surface area contributed by atoms with E-state index in [-0.39, 0.29) is 0 Å². The second kappa shape index (κ2) is 8.62. The first kappa shape index (κ1) is 18.8. The lowest BCUT2D eigenvalue weighted by molar-refractivity contribution is 0.408. The quantitative estimate of drug-likeness (QED) is 0.462. The largest absolute Gasteiger partial charge is 0.496 e. The number of H-pyrrole nitrogens is 1. The number of aliphatic imine (C=N–C) groups is 1. The normalized spacial score (nSPS) is 11.6. The van der Waals surface area contributed by atoms with Crippen molar-refractivity contribution in [2.75, 3.05) is 20.7 Å². The van der Waals surface area contributed by atoms with Gasteiger partial charge in [0.1, 0.15) is 5.75 Å². The third-order valence-electron chi connectivity index (χ3n) is 4.80. The van der Waals surface area contributed by atoms with Crippen LogP contribution in [0.1, 0.15) is 22.3 Å². The second-order valence-corrected chi connectivity index (χ2v) is 6.73. The van der Waals surface area contributed by atoms with Gasteiger partial charge >= 0.3 is 0 Å². The van der Waals surface area contributed by atoms with Gasteiger partial charge in [-0.2, -0.15) is 0 Å². The summed E-state index contributed by atoms with van der Waals surface area (Å²) in [5.74, 6) is 1.68. The molecule has 3 N–H and O–H groups in total. The number of ether oxygens (including phenoxy) is 1. The van der Waals surface area contributed by atoms with Gasteiger partial charge in [-0.3, -0.25) is 4.99 Å². The van der Waals surface area contributed by atoms with Crippen LogP contribution in [0, 0.1) is 13.8 Å². The molecule has 0 radical (unpaired) electrons. The van der Waals surface area contributed by atoms with E-state index in [2.05, 4.69) is 71.0 Å². The van der Waals surface area contributed by atoms with Crippen molar-refractivity contribution < 1.29 is 4.74 Å². The first-order valence-electron chi connectivity index (χ1n) is 9.26. The Balaban J connectivity index is 1.57. The molecule has 0 fully saturated rings. The van der Waals surface area contributed by atoms with E-state index >= 15 is 0 Å². The number of rotatable bonds is 6. The highest BCUT2D eigenvalue weighted by Crippen LogP contribution is 2.22. The summed E-state index contributed by atoms with van der Waals surface area (Å²) in [6.07, 6.45) is 3.03. The monoisotopic (exact) mass is 364 g/mol. The van der Waals surface area contributed by atoms with Crippen LogP contribution in [-0.2, 0) is 13.0 Å². The molecule has 3 rings (SSSR count). The van der Waals surface area contributed by atoms with Crippen molar-refractivity contribution in [1.82, 2.24) is 15.6 Å². The number of hydrogen-bond acceptors (Lipinski definition) is 2. The Morgan fingerprint density at radius 2 is 1.96 bits per heavy atom. The fraction of sp³-hybridized carbons (Fsp3) is 0.318. The number of nitrogens with zero attached hydrogens (tertiary/aromatic N) is 1. The molecule has 5 heteroatoms. The molecule has 0 aliphatic carbocycles. The molecular formula is C22H28N4O. The third-order valence-corrected chi connectivity index (χ3v) is 4.80. The summed E-state index contributed by atoms with van der Waals surface area (Å²) in [6.45, 7) is 5.69. The van der Waals surface area contributed by atoms with E-state index in [1.54, 1.807) is 14.2 Å². The summed E-state index contributed by atoms with van der Waals surface area (Å²) in [5, 5.41) is 8.08. The summed E-state index contributed by atoms with van der Waals surface area (Å²) in [6, 6.07) is 12.6. The zero-order chi connectivity index (χ0) is 19.2. The first-order chi connectivity index (χ1) is 13.1. The number of hydrogen-bond donors (Lipinski definition) is 3. The van der Waals surface area contributed by atoms with Crippen molar-refractivity contribution in [2.24, 2.45) is 4.99 Å². The van der Waals surface area contributed by atoms with Gasteiger partial charge < -0.3 is 20.4 Å². The number of aromatic amines is 1. The molecule has 0 spiro atoms. The average molecular weight is 364 g/mol. The Hall–Kier alpha value is -2.95. The maximum absolute atomic E-state index is 5.47. The Morgan fingerprint density at radius 3 is 2.74 bits per heavy atom. The topological polar surface area (TPSA) is 61.4 Å². The van der Waals surface area contributed by atoms with Gasteiger partial charge in [0.05, 0.1) is 7.11 Å². The summed E-state index contributed by atoms with van der Waals surface area (Å²) >= 11 is 0. The Bertz CT molecular complexity index is 943. The molecule has 2 aromatic carbocycles. The van der Waals surface area contributed by atoms with Crippen LogP contribution in [0.3, 0.4) is 0 Å². The smallest absolute Gasteiger partial charge is 0.191 e. The van der Waals surface area contributed by atoms with Gasteiger partial charge in [0.25, 0.3) is 0 Å². The third kappa shape index (κ3) is 4.42. The Kier molecular flexibility index (Phi) is 6.01. The van der Waals surface area contributed by atoms with Gasteiger partial charge in [0.15, 0.2) is 5.96 Å². The maximum Gasteiger partial charge on any atom is 0.191 e. The van der Waals surface area contributed by atoms with Gasteiger partial charge in [-0.25, -0.2) is 0 Å². The molecule has 0 saturated heterocycles. The molecule has 0 aliphatic heterocycles. The van der Waals surface area contributed by atoms with Crippen LogP contribution in [0.25, 0.3) is 10.9 Å². The van der Waals surface area contributed by atoms with Crippen LogP contribution >= 0.6 is 0 Å². The fourth-order valence-corrected chi connectivity index (χ4v) is 3.36. The van der Waals surface area contributed by atoms with Crippen LogP contribution in [0.5, 0.6) is 5.75 Å². The Labute approximate surface area is 160 Å². The SMILES string of the molecule is CN=C(NCCc1c[nH]c2cccc(C)c12)NCc1ccc(C)cc1OC.